The number of phenols is 1. The molecular formula is C28H34N2O8S. The first-order valence-corrected chi connectivity index (χ1v) is 14.0. The van der Waals surface area contributed by atoms with Crippen LogP contribution in [0.4, 0.5) is 5.69 Å². The Kier molecular flexibility index (Phi) is 9.10. The minimum atomic E-state index is -3.79. The van der Waals surface area contributed by atoms with Crippen LogP contribution in [0.25, 0.3) is 11.1 Å². The van der Waals surface area contributed by atoms with E-state index in [9.17, 15) is 28.5 Å². The van der Waals surface area contributed by atoms with Crippen LogP contribution in [-0.2, 0) is 9.84 Å². The Morgan fingerprint density at radius 3 is 2.31 bits per heavy atom. The Morgan fingerprint density at radius 2 is 1.74 bits per heavy atom. The Bertz CT molecular complexity index is 1460. The monoisotopic (exact) mass is 558 g/mol. The largest absolute Gasteiger partial charge is 0.507 e. The van der Waals surface area contributed by atoms with Crippen LogP contribution in [0.1, 0.15) is 40.1 Å². The Hall–Kier alpha value is -3.80. The molecule has 3 aromatic rings. The van der Waals surface area contributed by atoms with Gasteiger partial charge < -0.3 is 35.8 Å². The van der Waals surface area contributed by atoms with Crippen molar-refractivity contribution in [1.82, 2.24) is 5.32 Å². The third-order valence-corrected chi connectivity index (χ3v) is 7.58. The first-order valence-electron chi connectivity index (χ1n) is 12.1. The number of nitrogen functional groups attached to an aromatic ring is 1. The first-order chi connectivity index (χ1) is 18.3. The summed E-state index contributed by atoms with van der Waals surface area (Å²) in [4.78, 5) is 10.9. The third kappa shape index (κ3) is 6.62. The van der Waals surface area contributed by atoms with Gasteiger partial charge in [0.25, 0.3) is 0 Å². The molecule has 3 aromatic carbocycles. The number of aromatic carboxylic acids is 1. The van der Waals surface area contributed by atoms with E-state index in [1.54, 1.807) is 13.0 Å². The van der Waals surface area contributed by atoms with Gasteiger partial charge in [-0.25, -0.2) is 13.2 Å². The summed E-state index contributed by atoms with van der Waals surface area (Å²) in [5.41, 5.74) is 9.52. The number of benzene rings is 3. The standard InChI is InChI=1S/C28H34N2O8S/c1-15-12-19(20-7-6-18(28(33)34)14-23(20)37-4)13-16(2)26(15)38-11-10-30-17(3)25(32)21-8-9-22(31)27(24(21)29)39(5,35)36/h6-9,12-14,17,25,30-32H,10-11,29H2,1-5H3,(H,33,34)/t17-,25-/m0/s1. The van der Waals surface area contributed by atoms with E-state index >= 15 is 0 Å². The molecule has 3 rings (SSSR count). The molecule has 0 fully saturated rings. The molecule has 0 bridgehead atoms. The van der Waals surface area contributed by atoms with E-state index in [0.717, 1.165) is 28.5 Å². The number of aliphatic hydroxyl groups excluding tert-OH is 1. The van der Waals surface area contributed by atoms with Gasteiger partial charge in [0.15, 0.2) is 9.84 Å². The van der Waals surface area contributed by atoms with E-state index in [4.69, 9.17) is 15.2 Å². The molecule has 0 amide bonds. The van der Waals surface area contributed by atoms with Crippen LogP contribution >= 0.6 is 0 Å². The highest BCUT2D eigenvalue weighted by molar-refractivity contribution is 7.91. The minimum Gasteiger partial charge on any atom is -0.507 e. The lowest BCUT2D eigenvalue weighted by atomic mass is 9.98. The van der Waals surface area contributed by atoms with Crippen molar-refractivity contribution in [3.63, 3.8) is 0 Å². The number of carbonyl (C=O) groups is 1. The maximum absolute atomic E-state index is 12.0. The van der Waals surface area contributed by atoms with E-state index in [0.29, 0.717) is 18.0 Å². The topological polar surface area (TPSA) is 168 Å². The lowest BCUT2D eigenvalue weighted by Gasteiger charge is -2.23. The molecule has 0 saturated heterocycles. The van der Waals surface area contributed by atoms with E-state index in [1.165, 1.54) is 31.4 Å². The van der Waals surface area contributed by atoms with Crippen molar-refractivity contribution in [2.75, 3.05) is 32.3 Å². The van der Waals surface area contributed by atoms with Crippen molar-refractivity contribution in [3.05, 3.63) is 64.7 Å². The van der Waals surface area contributed by atoms with Gasteiger partial charge >= 0.3 is 5.97 Å². The number of methoxy groups -OCH3 is 1. The summed E-state index contributed by atoms with van der Waals surface area (Å²) < 4.78 is 35.5. The number of anilines is 1. The van der Waals surface area contributed by atoms with E-state index in [1.807, 2.05) is 26.0 Å². The Labute approximate surface area is 227 Å². The van der Waals surface area contributed by atoms with E-state index < -0.39 is 38.6 Å². The predicted molar refractivity (Wildman–Crippen MR) is 148 cm³/mol. The summed E-state index contributed by atoms with van der Waals surface area (Å²) in [6.45, 7) is 6.22. The molecule has 0 saturated carbocycles. The maximum atomic E-state index is 12.0. The van der Waals surface area contributed by atoms with Gasteiger partial charge in [0.1, 0.15) is 28.8 Å². The fourth-order valence-corrected chi connectivity index (χ4v) is 5.43. The molecule has 0 spiro atoms. The lowest BCUT2D eigenvalue weighted by molar-refractivity contribution is 0.0696. The second-order valence-corrected chi connectivity index (χ2v) is 11.3. The molecule has 0 unspecified atom stereocenters. The van der Waals surface area contributed by atoms with Crippen molar-refractivity contribution in [3.8, 4) is 28.4 Å². The number of hydrogen-bond donors (Lipinski definition) is 5. The summed E-state index contributed by atoms with van der Waals surface area (Å²) >= 11 is 0. The van der Waals surface area contributed by atoms with Crippen LogP contribution in [0.2, 0.25) is 0 Å². The highest BCUT2D eigenvalue weighted by Gasteiger charge is 2.25. The molecular weight excluding hydrogens is 524 g/mol. The molecule has 0 aliphatic carbocycles. The third-order valence-electron chi connectivity index (χ3n) is 6.41. The number of hydrogen-bond acceptors (Lipinski definition) is 9. The summed E-state index contributed by atoms with van der Waals surface area (Å²) in [7, 11) is -2.30. The number of nitrogens with one attached hydrogen (secondary N) is 1. The summed E-state index contributed by atoms with van der Waals surface area (Å²) in [5.74, 6) is -0.337. The van der Waals surface area contributed by atoms with Crippen LogP contribution in [0.3, 0.4) is 0 Å². The summed E-state index contributed by atoms with van der Waals surface area (Å²) in [6, 6.07) is 10.7. The first kappa shape index (κ1) is 29.8. The highest BCUT2D eigenvalue weighted by atomic mass is 32.2. The molecule has 0 aliphatic rings. The average molecular weight is 559 g/mol. The van der Waals surface area contributed by atoms with Gasteiger partial charge in [0.2, 0.25) is 0 Å². The normalized spacial score (nSPS) is 13.1. The molecule has 2 atom stereocenters. The summed E-state index contributed by atoms with van der Waals surface area (Å²) in [5, 5.41) is 33.1. The number of phenolic OH excluding ortho intramolecular Hbond substituents is 1. The van der Waals surface area contributed by atoms with Gasteiger partial charge in [-0.05, 0) is 73.9 Å². The molecule has 11 heteroatoms. The smallest absolute Gasteiger partial charge is 0.335 e. The number of aliphatic hydroxyl groups is 1. The number of nitrogens with two attached hydrogens (primary N) is 1. The van der Waals surface area contributed by atoms with E-state index in [2.05, 4.69) is 5.32 Å². The van der Waals surface area contributed by atoms with Crippen LogP contribution in [0, 0.1) is 13.8 Å². The molecule has 0 radical (unpaired) electrons. The highest BCUT2D eigenvalue weighted by Crippen LogP contribution is 2.37. The number of carboxylic acids is 1. The van der Waals surface area contributed by atoms with Gasteiger partial charge in [-0.1, -0.05) is 6.07 Å². The van der Waals surface area contributed by atoms with Crippen LogP contribution in [-0.4, -0.2) is 62.3 Å². The van der Waals surface area contributed by atoms with Gasteiger partial charge in [-0.2, -0.15) is 0 Å². The van der Waals surface area contributed by atoms with Crippen LogP contribution in [0.5, 0.6) is 17.2 Å². The molecule has 0 aromatic heterocycles. The van der Waals surface area contributed by atoms with Gasteiger partial charge in [-0.15, -0.1) is 0 Å². The zero-order chi connectivity index (χ0) is 29.1. The maximum Gasteiger partial charge on any atom is 0.335 e. The average Bonchev–Trinajstić information content (AvgIpc) is 2.85. The number of rotatable bonds is 11. The van der Waals surface area contributed by atoms with Gasteiger partial charge in [-0.3, -0.25) is 0 Å². The van der Waals surface area contributed by atoms with Gasteiger partial charge in [0.05, 0.1) is 24.5 Å². The molecule has 10 nitrogen and oxygen atoms in total. The molecule has 6 N–H and O–H groups in total. The molecule has 0 aliphatic heterocycles. The second kappa shape index (κ2) is 11.9. The Balaban J connectivity index is 1.68. The number of carboxylic acid groups (broad SMARTS) is 1. The molecule has 0 heterocycles. The van der Waals surface area contributed by atoms with Crippen molar-refractivity contribution in [1.29, 1.82) is 0 Å². The van der Waals surface area contributed by atoms with Crippen molar-refractivity contribution >= 4 is 21.5 Å². The van der Waals surface area contributed by atoms with Crippen molar-refractivity contribution < 1.29 is 38.0 Å². The van der Waals surface area contributed by atoms with Crippen LogP contribution in [0.15, 0.2) is 47.4 Å². The molecule has 210 valence electrons. The SMILES string of the molecule is COc1cc(C(=O)O)ccc1-c1cc(C)c(OCCN[C@@H](C)[C@H](O)c2ccc(O)c(S(C)(=O)=O)c2N)c(C)c1. The lowest BCUT2D eigenvalue weighted by Crippen LogP contribution is -2.35. The summed E-state index contributed by atoms with van der Waals surface area (Å²) in [6.07, 6.45) is -0.188. The number of aromatic hydroxyl groups is 1. The number of aryl methyl sites for hydroxylation is 2. The predicted octanol–water partition coefficient (Wildman–Crippen LogP) is 3.46. The van der Waals surface area contributed by atoms with Crippen LogP contribution < -0.4 is 20.5 Å². The zero-order valence-corrected chi connectivity index (χ0v) is 23.3. The Morgan fingerprint density at radius 1 is 1.10 bits per heavy atom. The van der Waals surface area contributed by atoms with E-state index in [-0.39, 0.29) is 23.4 Å². The van der Waals surface area contributed by atoms with Crippen molar-refractivity contribution in [2.24, 2.45) is 0 Å². The number of ether oxygens (including phenoxy) is 2. The van der Waals surface area contributed by atoms with Crippen molar-refractivity contribution in [2.45, 2.75) is 37.8 Å². The quantitative estimate of drug-likeness (QED) is 0.174. The molecule has 39 heavy (non-hydrogen) atoms. The van der Waals surface area contributed by atoms with Gasteiger partial charge in [0, 0.05) is 30.0 Å². The zero-order valence-electron chi connectivity index (χ0n) is 22.5. The fraction of sp³-hybridized carbons (Fsp3) is 0.321. The minimum absolute atomic E-state index is 0.139. The number of sulfone groups is 1. The fourth-order valence-electron chi connectivity index (χ4n) is 4.47. The second-order valence-electron chi connectivity index (χ2n) is 9.38.